The molecular formula is C21H23ClN2O5. The van der Waals surface area contributed by atoms with Crippen LogP contribution >= 0.6 is 11.6 Å². The highest BCUT2D eigenvalue weighted by Gasteiger charge is 2.28. The maximum atomic E-state index is 12.8. The molecule has 8 heteroatoms. The normalized spacial score (nSPS) is 19.0. The summed E-state index contributed by atoms with van der Waals surface area (Å²) in [6, 6.07) is 4.71. The van der Waals surface area contributed by atoms with E-state index in [0.29, 0.717) is 35.7 Å². The Hall–Kier alpha value is -2.80. The molecule has 2 atom stereocenters. The Labute approximate surface area is 174 Å². The lowest BCUT2D eigenvalue weighted by Crippen LogP contribution is -2.38. The molecule has 0 spiro atoms. The second kappa shape index (κ2) is 9.60. The molecule has 0 radical (unpaired) electrons. The van der Waals surface area contributed by atoms with Gasteiger partial charge in [0.25, 0.3) is 5.91 Å². The number of nitrogens with one attached hydrogen (secondary N) is 2. The zero-order chi connectivity index (χ0) is 20.8. The van der Waals surface area contributed by atoms with Crippen LogP contribution in [0.2, 0.25) is 5.02 Å². The van der Waals surface area contributed by atoms with Gasteiger partial charge in [-0.15, -0.1) is 0 Å². The zero-order valence-corrected chi connectivity index (χ0v) is 16.8. The summed E-state index contributed by atoms with van der Waals surface area (Å²) in [6.45, 7) is 2.71. The molecule has 1 aromatic rings. The van der Waals surface area contributed by atoms with E-state index in [-0.39, 0.29) is 30.9 Å². The van der Waals surface area contributed by atoms with Gasteiger partial charge in [0.15, 0.2) is 0 Å². The van der Waals surface area contributed by atoms with Crippen molar-refractivity contribution in [2.75, 3.05) is 19.8 Å². The van der Waals surface area contributed by atoms with E-state index in [0.717, 1.165) is 5.56 Å². The van der Waals surface area contributed by atoms with Crippen molar-refractivity contribution in [3.05, 3.63) is 46.5 Å². The molecule has 2 heterocycles. The Morgan fingerprint density at radius 3 is 3.00 bits per heavy atom. The fraction of sp³-hybridized carbons (Fsp3) is 0.381. The minimum atomic E-state index is -0.498. The SMILES string of the molecule is CCOC(=O)C=C[C@H](C[C@@H]1CCNC1=O)NC(=O)C1=Cc2cc(Cl)ccc2OC1. The monoisotopic (exact) mass is 418 g/mol. The third kappa shape index (κ3) is 5.60. The number of benzene rings is 1. The molecule has 2 amide bonds. The van der Waals surface area contributed by atoms with Crippen LogP contribution in [0.4, 0.5) is 0 Å². The minimum Gasteiger partial charge on any atom is -0.488 e. The Kier molecular flexibility index (Phi) is 6.93. The zero-order valence-electron chi connectivity index (χ0n) is 16.1. The quantitative estimate of drug-likeness (QED) is 0.523. The van der Waals surface area contributed by atoms with Crippen LogP contribution in [-0.2, 0) is 19.1 Å². The first-order valence-electron chi connectivity index (χ1n) is 9.52. The van der Waals surface area contributed by atoms with Crippen molar-refractivity contribution in [1.82, 2.24) is 10.6 Å². The van der Waals surface area contributed by atoms with E-state index < -0.39 is 12.0 Å². The van der Waals surface area contributed by atoms with Crippen LogP contribution in [-0.4, -0.2) is 43.6 Å². The van der Waals surface area contributed by atoms with Gasteiger partial charge in [-0.25, -0.2) is 4.79 Å². The van der Waals surface area contributed by atoms with E-state index in [1.807, 2.05) is 0 Å². The van der Waals surface area contributed by atoms with Gasteiger partial charge in [-0.1, -0.05) is 17.7 Å². The molecule has 1 aromatic carbocycles. The highest BCUT2D eigenvalue weighted by Crippen LogP contribution is 2.29. The summed E-state index contributed by atoms with van der Waals surface area (Å²) in [5.41, 5.74) is 1.16. The molecule has 0 aliphatic carbocycles. The first-order chi connectivity index (χ1) is 14.0. The Bertz CT molecular complexity index is 865. The molecule has 2 aliphatic rings. The fourth-order valence-electron chi connectivity index (χ4n) is 3.29. The molecule has 0 saturated carbocycles. The first-order valence-corrected chi connectivity index (χ1v) is 9.90. The van der Waals surface area contributed by atoms with Crippen LogP contribution in [0, 0.1) is 5.92 Å². The van der Waals surface area contributed by atoms with Crippen LogP contribution < -0.4 is 15.4 Å². The highest BCUT2D eigenvalue weighted by atomic mass is 35.5. The lowest BCUT2D eigenvalue weighted by molar-refractivity contribution is -0.137. The number of ether oxygens (including phenoxy) is 2. The van der Waals surface area contributed by atoms with E-state index >= 15 is 0 Å². The van der Waals surface area contributed by atoms with Gasteiger partial charge < -0.3 is 20.1 Å². The summed E-state index contributed by atoms with van der Waals surface area (Å²) < 4.78 is 10.5. The van der Waals surface area contributed by atoms with Gasteiger partial charge in [0.05, 0.1) is 12.2 Å². The molecule has 2 N–H and O–H groups in total. The summed E-state index contributed by atoms with van der Waals surface area (Å²) in [5.74, 6) is -0.424. The van der Waals surface area contributed by atoms with Gasteiger partial charge in [-0.3, -0.25) is 9.59 Å². The topological polar surface area (TPSA) is 93.7 Å². The summed E-state index contributed by atoms with van der Waals surface area (Å²) in [7, 11) is 0. The maximum absolute atomic E-state index is 12.8. The van der Waals surface area contributed by atoms with Crippen molar-refractivity contribution in [2.24, 2.45) is 5.92 Å². The van der Waals surface area contributed by atoms with Gasteiger partial charge >= 0.3 is 5.97 Å². The number of carbonyl (C=O) groups is 3. The van der Waals surface area contributed by atoms with Gasteiger partial charge in [-0.05, 0) is 44.0 Å². The second-order valence-electron chi connectivity index (χ2n) is 6.84. The van der Waals surface area contributed by atoms with Crippen LogP contribution in [0.3, 0.4) is 0 Å². The van der Waals surface area contributed by atoms with Gasteiger partial charge in [0.2, 0.25) is 5.91 Å². The smallest absolute Gasteiger partial charge is 0.330 e. The van der Waals surface area contributed by atoms with Crippen LogP contribution in [0.25, 0.3) is 6.08 Å². The molecule has 0 unspecified atom stereocenters. The molecule has 154 valence electrons. The van der Waals surface area contributed by atoms with Gasteiger partial charge in [0.1, 0.15) is 12.4 Å². The number of hydrogen-bond acceptors (Lipinski definition) is 5. The maximum Gasteiger partial charge on any atom is 0.330 e. The lowest BCUT2D eigenvalue weighted by atomic mass is 9.97. The molecule has 3 rings (SSSR count). The predicted molar refractivity (Wildman–Crippen MR) is 108 cm³/mol. The minimum absolute atomic E-state index is 0.0439. The largest absolute Gasteiger partial charge is 0.488 e. The summed E-state index contributed by atoms with van der Waals surface area (Å²) in [5, 5.41) is 6.21. The number of carbonyl (C=O) groups excluding carboxylic acids is 3. The number of hydrogen-bond donors (Lipinski definition) is 2. The van der Waals surface area contributed by atoms with Crippen molar-refractivity contribution in [1.29, 1.82) is 0 Å². The van der Waals surface area contributed by atoms with Gasteiger partial charge in [-0.2, -0.15) is 0 Å². The molecule has 0 aromatic heterocycles. The van der Waals surface area contributed by atoms with Crippen molar-refractivity contribution >= 4 is 35.5 Å². The standard InChI is InChI=1S/C21H23ClN2O5/c1-2-28-19(25)6-4-17(11-13-7-8-23-20(13)26)24-21(27)15-9-14-10-16(22)3-5-18(14)29-12-15/h3-6,9-10,13,17H,2,7-8,11-12H2,1H3,(H,23,26)(H,24,27)/t13-,17+/m0/s1. The molecule has 2 aliphatic heterocycles. The van der Waals surface area contributed by atoms with E-state index in [1.165, 1.54) is 6.08 Å². The Morgan fingerprint density at radius 1 is 1.45 bits per heavy atom. The average Bonchev–Trinajstić information content (AvgIpc) is 3.10. The third-order valence-electron chi connectivity index (χ3n) is 4.75. The number of esters is 1. The van der Waals surface area contributed by atoms with Crippen LogP contribution in [0.15, 0.2) is 35.9 Å². The molecule has 7 nitrogen and oxygen atoms in total. The predicted octanol–water partition coefficient (Wildman–Crippen LogP) is 2.25. The summed E-state index contributed by atoms with van der Waals surface area (Å²) in [6.07, 6.45) is 5.66. The van der Waals surface area contributed by atoms with Gasteiger partial charge in [0, 0.05) is 35.2 Å². The number of rotatable bonds is 7. The summed E-state index contributed by atoms with van der Waals surface area (Å²) in [4.78, 5) is 36.4. The summed E-state index contributed by atoms with van der Waals surface area (Å²) >= 11 is 6.02. The van der Waals surface area contributed by atoms with E-state index in [2.05, 4.69) is 10.6 Å². The number of fused-ring (bicyclic) bond motifs is 1. The Morgan fingerprint density at radius 2 is 2.28 bits per heavy atom. The van der Waals surface area contributed by atoms with Crippen LogP contribution in [0.5, 0.6) is 5.75 Å². The molecule has 0 bridgehead atoms. The number of halogens is 1. The third-order valence-corrected chi connectivity index (χ3v) is 4.98. The van der Waals surface area contributed by atoms with Crippen molar-refractivity contribution in [2.45, 2.75) is 25.8 Å². The highest BCUT2D eigenvalue weighted by molar-refractivity contribution is 6.30. The molecule has 1 fully saturated rings. The van der Waals surface area contributed by atoms with E-state index in [4.69, 9.17) is 21.1 Å². The fourth-order valence-corrected chi connectivity index (χ4v) is 3.47. The second-order valence-corrected chi connectivity index (χ2v) is 7.28. The Balaban J connectivity index is 1.72. The number of amides is 2. The van der Waals surface area contributed by atoms with Crippen molar-refractivity contribution < 1.29 is 23.9 Å². The van der Waals surface area contributed by atoms with Crippen molar-refractivity contribution in [3.63, 3.8) is 0 Å². The van der Waals surface area contributed by atoms with Crippen molar-refractivity contribution in [3.8, 4) is 5.75 Å². The van der Waals surface area contributed by atoms with E-state index in [9.17, 15) is 14.4 Å². The lowest BCUT2D eigenvalue weighted by Gasteiger charge is -2.21. The van der Waals surface area contributed by atoms with E-state index in [1.54, 1.807) is 37.3 Å². The molecular weight excluding hydrogens is 396 g/mol. The average molecular weight is 419 g/mol. The first kappa shape index (κ1) is 20.9. The molecule has 29 heavy (non-hydrogen) atoms. The molecule has 1 saturated heterocycles. The van der Waals surface area contributed by atoms with Crippen LogP contribution in [0.1, 0.15) is 25.3 Å².